The Labute approximate surface area is 126 Å². The van der Waals surface area contributed by atoms with Crippen molar-refractivity contribution in [1.29, 1.82) is 0 Å². The Hall–Kier alpha value is -2.21. The third-order valence-electron chi connectivity index (χ3n) is 3.11. The number of hydrogen-bond donors (Lipinski definition) is 2. The van der Waals surface area contributed by atoms with E-state index in [0.29, 0.717) is 41.1 Å². The maximum Gasteiger partial charge on any atom is 0.257 e. The summed E-state index contributed by atoms with van der Waals surface area (Å²) in [7, 11) is 0. The number of ether oxygens (including phenoxy) is 2. The molecular weight excluding hydrogens is 294 g/mol. The highest BCUT2D eigenvalue weighted by Crippen LogP contribution is 2.38. The molecule has 1 aliphatic rings. The van der Waals surface area contributed by atoms with Gasteiger partial charge in [0.1, 0.15) is 13.2 Å². The maximum atomic E-state index is 12.2. The van der Waals surface area contributed by atoms with Crippen molar-refractivity contribution in [3.63, 3.8) is 0 Å². The highest BCUT2D eigenvalue weighted by molar-refractivity contribution is 6.32. The SMILES string of the molecule is CCc1cc(NC(=O)c2cc(Cl)c3c(c2)OCCO3)n[nH]1. The molecule has 7 heteroatoms. The Morgan fingerprint density at radius 2 is 2.19 bits per heavy atom. The average Bonchev–Trinajstić information content (AvgIpc) is 2.95. The molecule has 6 nitrogen and oxygen atoms in total. The molecule has 21 heavy (non-hydrogen) atoms. The van der Waals surface area contributed by atoms with Gasteiger partial charge in [0, 0.05) is 17.3 Å². The molecule has 1 aromatic carbocycles. The number of benzene rings is 1. The molecule has 0 bridgehead atoms. The molecule has 0 aliphatic carbocycles. The molecule has 3 rings (SSSR count). The van der Waals surface area contributed by atoms with E-state index in [-0.39, 0.29) is 5.91 Å². The minimum atomic E-state index is -0.303. The first-order chi connectivity index (χ1) is 10.2. The number of hydrogen-bond acceptors (Lipinski definition) is 4. The number of halogens is 1. The molecule has 2 heterocycles. The zero-order valence-electron chi connectivity index (χ0n) is 11.4. The number of amides is 1. The second-order valence-electron chi connectivity index (χ2n) is 4.57. The van der Waals surface area contributed by atoms with Crippen LogP contribution in [-0.4, -0.2) is 29.3 Å². The third-order valence-corrected chi connectivity index (χ3v) is 3.39. The first-order valence-corrected chi connectivity index (χ1v) is 7.00. The average molecular weight is 308 g/mol. The number of H-pyrrole nitrogens is 1. The van der Waals surface area contributed by atoms with Crippen LogP contribution in [-0.2, 0) is 6.42 Å². The van der Waals surface area contributed by atoms with E-state index in [0.717, 1.165) is 12.1 Å². The third kappa shape index (κ3) is 2.80. The molecule has 110 valence electrons. The molecule has 0 spiro atoms. The second kappa shape index (κ2) is 5.65. The first-order valence-electron chi connectivity index (χ1n) is 6.62. The summed E-state index contributed by atoms with van der Waals surface area (Å²) in [4.78, 5) is 12.2. The number of rotatable bonds is 3. The lowest BCUT2D eigenvalue weighted by molar-refractivity contribution is 0.102. The molecule has 0 atom stereocenters. The standard InChI is InChI=1S/C14H14ClN3O3/c1-2-9-7-12(18-17-9)16-14(19)8-5-10(15)13-11(6-8)20-3-4-21-13/h5-7H,2-4H2,1H3,(H2,16,17,18,19). The predicted octanol–water partition coefficient (Wildman–Crippen LogP) is 2.65. The Morgan fingerprint density at radius 1 is 1.38 bits per heavy atom. The van der Waals surface area contributed by atoms with E-state index in [9.17, 15) is 4.79 Å². The van der Waals surface area contributed by atoms with Crippen LogP contribution in [0, 0.1) is 0 Å². The lowest BCUT2D eigenvalue weighted by Gasteiger charge is -2.20. The molecule has 1 amide bonds. The number of fused-ring (bicyclic) bond motifs is 1. The molecular formula is C14H14ClN3O3. The fraction of sp³-hybridized carbons (Fsp3) is 0.286. The van der Waals surface area contributed by atoms with E-state index in [1.807, 2.05) is 6.92 Å². The largest absolute Gasteiger partial charge is 0.486 e. The van der Waals surface area contributed by atoms with Crippen molar-refractivity contribution in [2.75, 3.05) is 18.5 Å². The van der Waals surface area contributed by atoms with Crippen LogP contribution in [0.3, 0.4) is 0 Å². The quantitative estimate of drug-likeness (QED) is 0.914. The summed E-state index contributed by atoms with van der Waals surface area (Å²) < 4.78 is 10.9. The number of aromatic nitrogens is 2. The van der Waals surface area contributed by atoms with E-state index in [1.54, 1.807) is 18.2 Å². The maximum absolute atomic E-state index is 12.2. The summed E-state index contributed by atoms with van der Waals surface area (Å²) in [5, 5.41) is 9.92. The Morgan fingerprint density at radius 3 is 2.95 bits per heavy atom. The van der Waals surface area contributed by atoms with Crippen molar-refractivity contribution >= 4 is 23.3 Å². The minimum Gasteiger partial charge on any atom is -0.486 e. The van der Waals surface area contributed by atoms with Crippen molar-refractivity contribution in [2.24, 2.45) is 0 Å². The van der Waals surface area contributed by atoms with Gasteiger partial charge in [-0.15, -0.1) is 0 Å². The van der Waals surface area contributed by atoms with Gasteiger partial charge in [0.25, 0.3) is 5.91 Å². The molecule has 0 saturated heterocycles. The number of carbonyl (C=O) groups excluding carboxylic acids is 1. The van der Waals surface area contributed by atoms with Gasteiger partial charge in [0.2, 0.25) is 0 Å². The van der Waals surface area contributed by atoms with Crippen LogP contribution >= 0.6 is 11.6 Å². The van der Waals surface area contributed by atoms with Crippen LogP contribution in [0.4, 0.5) is 5.82 Å². The normalized spacial score (nSPS) is 13.0. The molecule has 0 saturated carbocycles. The van der Waals surface area contributed by atoms with Gasteiger partial charge in [-0.05, 0) is 18.6 Å². The monoisotopic (exact) mass is 307 g/mol. The molecule has 2 N–H and O–H groups in total. The van der Waals surface area contributed by atoms with Gasteiger partial charge in [-0.1, -0.05) is 18.5 Å². The summed E-state index contributed by atoms with van der Waals surface area (Å²) in [5.41, 5.74) is 1.34. The highest BCUT2D eigenvalue weighted by atomic mass is 35.5. The number of aromatic amines is 1. The van der Waals surface area contributed by atoms with Gasteiger partial charge in [-0.2, -0.15) is 5.10 Å². The first kappa shape index (κ1) is 13.8. The summed E-state index contributed by atoms with van der Waals surface area (Å²) in [6, 6.07) is 4.96. The summed E-state index contributed by atoms with van der Waals surface area (Å²) in [5.74, 6) is 1.13. The van der Waals surface area contributed by atoms with E-state index >= 15 is 0 Å². The summed E-state index contributed by atoms with van der Waals surface area (Å²) in [6.45, 7) is 2.89. The van der Waals surface area contributed by atoms with Crippen molar-refractivity contribution in [3.05, 3.63) is 34.5 Å². The molecule has 0 fully saturated rings. The van der Waals surface area contributed by atoms with Gasteiger partial charge in [-0.25, -0.2) is 0 Å². The molecule has 2 aromatic rings. The lowest BCUT2D eigenvalue weighted by atomic mass is 10.1. The van der Waals surface area contributed by atoms with Crippen molar-refractivity contribution in [2.45, 2.75) is 13.3 Å². The molecule has 0 radical (unpaired) electrons. The highest BCUT2D eigenvalue weighted by Gasteiger charge is 2.19. The van der Waals surface area contributed by atoms with Gasteiger partial charge in [0.15, 0.2) is 17.3 Å². The van der Waals surface area contributed by atoms with Crippen molar-refractivity contribution < 1.29 is 14.3 Å². The second-order valence-corrected chi connectivity index (χ2v) is 4.98. The number of aryl methyl sites for hydroxylation is 1. The number of anilines is 1. The van der Waals surface area contributed by atoms with Crippen LogP contribution in [0.5, 0.6) is 11.5 Å². The van der Waals surface area contributed by atoms with Gasteiger partial charge in [-0.3, -0.25) is 9.89 Å². The minimum absolute atomic E-state index is 0.303. The topological polar surface area (TPSA) is 76.2 Å². The fourth-order valence-electron chi connectivity index (χ4n) is 2.04. The van der Waals surface area contributed by atoms with Crippen LogP contribution in [0.25, 0.3) is 0 Å². The zero-order valence-corrected chi connectivity index (χ0v) is 12.2. The predicted molar refractivity (Wildman–Crippen MR) is 78.4 cm³/mol. The molecule has 1 aliphatic heterocycles. The van der Waals surface area contributed by atoms with E-state index in [1.165, 1.54) is 0 Å². The fourth-order valence-corrected chi connectivity index (χ4v) is 2.30. The van der Waals surface area contributed by atoms with Crippen molar-refractivity contribution in [3.8, 4) is 11.5 Å². The van der Waals surface area contributed by atoms with Crippen LogP contribution in [0.15, 0.2) is 18.2 Å². The Balaban J connectivity index is 1.82. The van der Waals surface area contributed by atoms with Crippen LogP contribution < -0.4 is 14.8 Å². The van der Waals surface area contributed by atoms with E-state index in [4.69, 9.17) is 21.1 Å². The Bertz CT molecular complexity index is 684. The van der Waals surface area contributed by atoms with Gasteiger partial charge >= 0.3 is 0 Å². The summed E-state index contributed by atoms with van der Waals surface area (Å²) >= 11 is 6.11. The van der Waals surface area contributed by atoms with Crippen molar-refractivity contribution in [1.82, 2.24) is 10.2 Å². The van der Waals surface area contributed by atoms with Gasteiger partial charge < -0.3 is 14.8 Å². The Kier molecular flexibility index (Phi) is 3.70. The summed E-state index contributed by atoms with van der Waals surface area (Å²) in [6.07, 6.45) is 0.818. The molecule has 1 aromatic heterocycles. The number of nitrogens with one attached hydrogen (secondary N) is 2. The smallest absolute Gasteiger partial charge is 0.257 e. The van der Waals surface area contributed by atoms with Gasteiger partial charge in [0.05, 0.1) is 5.02 Å². The number of nitrogens with zero attached hydrogens (tertiary/aromatic N) is 1. The zero-order chi connectivity index (χ0) is 14.8. The van der Waals surface area contributed by atoms with Crippen LogP contribution in [0.1, 0.15) is 23.0 Å². The van der Waals surface area contributed by atoms with E-state index < -0.39 is 0 Å². The van der Waals surface area contributed by atoms with E-state index in [2.05, 4.69) is 15.5 Å². The lowest BCUT2D eigenvalue weighted by Crippen LogP contribution is -2.17. The number of carbonyl (C=O) groups is 1. The van der Waals surface area contributed by atoms with Crippen LogP contribution in [0.2, 0.25) is 5.02 Å². The molecule has 0 unspecified atom stereocenters.